The van der Waals surface area contributed by atoms with Crippen molar-refractivity contribution in [2.45, 2.75) is 38.3 Å². The van der Waals surface area contributed by atoms with Crippen LogP contribution < -0.4 is 16.4 Å². The van der Waals surface area contributed by atoms with E-state index < -0.39 is 4.92 Å². The Balaban J connectivity index is 1.65. The van der Waals surface area contributed by atoms with Crippen molar-refractivity contribution in [1.82, 2.24) is 9.97 Å². The van der Waals surface area contributed by atoms with Crippen LogP contribution in [0.25, 0.3) is 0 Å². The number of nitrogens with one attached hydrogen (secondary N) is 2. The zero-order valence-electron chi connectivity index (χ0n) is 14.9. The van der Waals surface area contributed by atoms with Crippen LogP contribution in [0.1, 0.15) is 31.2 Å². The quantitative estimate of drug-likeness (QED) is 0.488. The lowest BCUT2D eigenvalue weighted by molar-refractivity contribution is -0.384. The molecule has 0 aliphatic heterocycles. The van der Waals surface area contributed by atoms with Crippen LogP contribution in [0.3, 0.4) is 0 Å². The molecule has 1 aliphatic carbocycles. The van der Waals surface area contributed by atoms with Crippen LogP contribution in [0.15, 0.2) is 30.5 Å². The van der Waals surface area contributed by atoms with Gasteiger partial charge in [-0.1, -0.05) is 23.7 Å². The minimum atomic E-state index is -0.472. The number of aromatic nitrogens is 2. The van der Waals surface area contributed by atoms with Gasteiger partial charge in [0.25, 0.3) is 0 Å². The van der Waals surface area contributed by atoms with Gasteiger partial charge >= 0.3 is 5.69 Å². The molecule has 144 valence electrons. The summed E-state index contributed by atoms with van der Waals surface area (Å²) in [5.74, 6) is 1.01. The first-order valence-electron chi connectivity index (χ1n) is 9.00. The molecule has 4 N–H and O–H groups in total. The SMILES string of the molecule is NC1CCC(CNc2nc(NCc3cccc(Cl)c3)ncc2[N+](=O)[O-])CC1. The summed E-state index contributed by atoms with van der Waals surface area (Å²) in [5, 5.41) is 18.1. The molecule has 1 aromatic carbocycles. The Morgan fingerprint density at radius 1 is 1.26 bits per heavy atom. The molecule has 1 heterocycles. The normalized spacial score (nSPS) is 19.5. The predicted octanol–water partition coefficient (Wildman–Crippen LogP) is 3.58. The summed E-state index contributed by atoms with van der Waals surface area (Å²) in [6.07, 6.45) is 5.25. The predicted molar refractivity (Wildman–Crippen MR) is 106 cm³/mol. The van der Waals surface area contributed by atoms with E-state index in [0.717, 1.165) is 31.2 Å². The lowest BCUT2D eigenvalue weighted by atomic mass is 9.86. The minimum absolute atomic E-state index is 0.129. The molecule has 0 atom stereocenters. The van der Waals surface area contributed by atoms with Gasteiger partial charge in [0, 0.05) is 24.2 Å². The van der Waals surface area contributed by atoms with Gasteiger partial charge in [0.15, 0.2) is 0 Å². The van der Waals surface area contributed by atoms with Gasteiger partial charge in [-0.05, 0) is 49.3 Å². The zero-order chi connectivity index (χ0) is 19.2. The average Bonchev–Trinajstić information content (AvgIpc) is 2.66. The van der Waals surface area contributed by atoms with Crippen LogP contribution in [-0.2, 0) is 6.54 Å². The first-order chi connectivity index (χ1) is 13.0. The third-order valence-electron chi connectivity index (χ3n) is 4.76. The van der Waals surface area contributed by atoms with Gasteiger partial charge in [-0.2, -0.15) is 4.98 Å². The minimum Gasteiger partial charge on any atom is -0.364 e. The van der Waals surface area contributed by atoms with Crippen LogP contribution >= 0.6 is 11.6 Å². The first-order valence-corrected chi connectivity index (χ1v) is 9.38. The maximum atomic E-state index is 11.3. The van der Waals surface area contributed by atoms with E-state index in [2.05, 4.69) is 20.6 Å². The number of nitrogens with zero attached hydrogens (tertiary/aromatic N) is 3. The van der Waals surface area contributed by atoms with Crippen molar-refractivity contribution in [3.05, 3.63) is 51.2 Å². The van der Waals surface area contributed by atoms with Gasteiger partial charge < -0.3 is 16.4 Å². The molecule has 1 fully saturated rings. The Bertz CT molecular complexity index is 795. The largest absolute Gasteiger partial charge is 0.364 e. The van der Waals surface area contributed by atoms with Crippen molar-refractivity contribution in [3.63, 3.8) is 0 Å². The molecule has 9 heteroatoms. The topological polar surface area (TPSA) is 119 Å². The van der Waals surface area contributed by atoms with Gasteiger partial charge in [0.1, 0.15) is 6.20 Å². The third-order valence-corrected chi connectivity index (χ3v) is 4.99. The Labute approximate surface area is 162 Å². The molecule has 2 aromatic rings. The van der Waals surface area contributed by atoms with Crippen molar-refractivity contribution in [2.24, 2.45) is 11.7 Å². The Morgan fingerprint density at radius 3 is 2.74 bits per heavy atom. The van der Waals surface area contributed by atoms with E-state index in [-0.39, 0.29) is 17.5 Å². The van der Waals surface area contributed by atoms with E-state index in [4.69, 9.17) is 17.3 Å². The number of nitrogens with two attached hydrogens (primary N) is 1. The first kappa shape index (κ1) is 19.3. The fourth-order valence-electron chi connectivity index (χ4n) is 3.19. The van der Waals surface area contributed by atoms with Gasteiger partial charge in [0.2, 0.25) is 11.8 Å². The van der Waals surface area contributed by atoms with Crippen molar-refractivity contribution in [3.8, 4) is 0 Å². The highest BCUT2D eigenvalue weighted by atomic mass is 35.5. The number of hydrogen-bond donors (Lipinski definition) is 3. The molecule has 1 aromatic heterocycles. The van der Waals surface area contributed by atoms with Crippen LogP contribution in [0.4, 0.5) is 17.5 Å². The second kappa shape index (κ2) is 8.96. The van der Waals surface area contributed by atoms with E-state index in [0.29, 0.717) is 30.0 Å². The molecule has 0 radical (unpaired) electrons. The van der Waals surface area contributed by atoms with Gasteiger partial charge in [-0.15, -0.1) is 0 Å². The van der Waals surface area contributed by atoms with E-state index in [9.17, 15) is 10.1 Å². The highest BCUT2D eigenvalue weighted by molar-refractivity contribution is 6.30. The van der Waals surface area contributed by atoms with Gasteiger partial charge in [-0.25, -0.2) is 4.98 Å². The van der Waals surface area contributed by atoms with Crippen molar-refractivity contribution >= 4 is 29.1 Å². The summed E-state index contributed by atoms with van der Waals surface area (Å²) in [6.45, 7) is 1.11. The zero-order valence-corrected chi connectivity index (χ0v) is 15.7. The summed E-state index contributed by atoms with van der Waals surface area (Å²) < 4.78 is 0. The molecule has 27 heavy (non-hydrogen) atoms. The number of nitro groups is 1. The monoisotopic (exact) mass is 390 g/mol. The molecule has 0 amide bonds. The van der Waals surface area contributed by atoms with Crippen LogP contribution in [0.5, 0.6) is 0 Å². The number of hydrogen-bond acceptors (Lipinski definition) is 7. The second-order valence-electron chi connectivity index (χ2n) is 6.83. The fraction of sp³-hybridized carbons (Fsp3) is 0.444. The lowest BCUT2D eigenvalue weighted by Crippen LogP contribution is -2.29. The Hall–Kier alpha value is -2.45. The molecular formula is C18H23ClN6O2. The van der Waals surface area contributed by atoms with Gasteiger partial charge in [0.05, 0.1) is 4.92 Å². The van der Waals surface area contributed by atoms with Crippen LogP contribution in [-0.4, -0.2) is 27.5 Å². The van der Waals surface area contributed by atoms with E-state index in [1.807, 2.05) is 18.2 Å². The molecule has 0 saturated heterocycles. The molecule has 0 unspecified atom stereocenters. The van der Waals surface area contributed by atoms with Crippen molar-refractivity contribution in [2.75, 3.05) is 17.2 Å². The summed E-state index contributed by atoms with van der Waals surface area (Å²) in [7, 11) is 0. The maximum Gasteiger partial charge on any atom is 0.329 e. The van der Waals surface area contributed by atoms with Gasteiger partial charge in [-0.3, -0.25) is 10.1 Å². The average molecular weight is 391 g/mol. The van der Waals surface area contributed by atoms with E-state index >= 15 is 0 Å². The molecule has 1 aliphatic rings. The molecule has 8 nitrogen and oxygen atoms in total. The number of rotatable bonds is 7. The summed E-state index contributed by atoms with van der Waals surface area (Å²) >= 11 is 5.98. The molecule has 0 spiro atoms. The second-order valence-corrected chi connectivity index (χ2v) is 7.27. The molecule has 1 saturated carbocycles. The van der Waals surface area contributed by atoms with E-state index in [1.165, 1.54) is 6.20 Å². The number of benzene rings is 1. The molecular weight excluding hydrogens is 368 g/mol. The summed E-state index contributed by atoms with van der Waals surface area (Å²) in [5.41, 5.74) is 6.77. The number of anilines is 2. The smallest absolute Gasteiger partial charge is 0.329 e. The highest BCUT2D eigenvalue weighted by Crippen LogP contribution is 2.26. The molecule has 3 rings (SSSR count). The van der Waals surface area contributed by atoms with Crippen LogP contribution in [0.2, 0.25) is 5.02 Å². The number of halogens is 1. The molecule has 0 bridgehead atoms. The fourth-order valence-corrected chi connectivity index (χ4v) is 3.40. The highest BCUT2D eigenvalue weighted by Gasteiger charge is 2.21. The summed E-state index contributed by atoms with van der Waals surface area (Å²) in [6, 6.07) is 7.70. The van der Waals surface area contributed by atoms with Crippen molar-refractivity contribution in [1.29, 1.82) is 0 Å². The standard InChI is InChI=1S/C18H23ClN6O2/c19-14-3-1-2-13(8-14)10-22-18-23-11-16(25(26)27)17(24-18)21-9-12-4-6-15(20)7-5-12/h1-3,8,11-12,15H,4-7,9-10,20H2,(H2,21,22,23,24). The van der Waals surface area contributed by atoms with E-state index in [1.54, 1.807) is 6.07 Å². The lowest BCUT2D eigenvalue weighted by Gasteiger charge is -2.26. The third kappa shape index (κ3) is 5.51. The summed E-state index contributed by atoms with van der Waals surface area (Å²) in [4.78, 5) is 19.2. The Morgan fingerprint density at radius 2 is 2.04 bits per heavy atom. The Kier molecular flexibility index (Phi) is 6.41. The maximum absolute atomic E-state index is 11.3. The van der Waals surface area contributed by atoms with Crippen molar-refractivity contribution < 1.29 is 4.92 Å². The van der Waals surface area contributed by atoms with Crippen LogP contribution in [0, 0.1) is 16.0 Å².